The third-order valence-corrected chi connectivity index (χ3v) is 5.18. The Bertz CT molecular complexity index is 664. The van der Waals surface area contributed by atoms with Gasteiger partial charge in [0.2, 0.25) is 0 Å². The zero-order valence-electron chi connectivity index (χ0n) is 11.4. The van der Waals surface area contributed by atoms with Crippen molar-refractivity contribution < 1.29 is 9.09 Å². The average molecular weight is 365 g/mol. The molecule has 0 fully saturated rings. The van der Waals surface area contributed by atoms with Gasteiger partial charge in [-0.3, -0.25) is 4.57 Å². The Balaban J connectivity index is 2.25. The van der Waals surface area contributed by atoms with E-state index >= 15 is 0 Å². The molecule has 2 rings (SSSR count). The van der Waals surface area contributed by atoms with Crippen LogP contribution >= 0.6 is 42.3 Å². The van der Waals surface area contributed by atoms with Crippen molar-refractivity contribution in [3.63, 3.8) is 0 Å². The fraction of sp³-hybridized carbons (Fsp3) is 0.143. The van der Waals surface area contributed by atoms with Crippen LogP contribution in [0.2, 0.25) is 15.1 Å². The summed E-state index contributed by atoms with van der Waals surface area (Å²) in [4.78, 5) is 0. The molecule has 0 unspecified atom stereocenters. The Labute approximate surface area is 138 Å². The van der Waals surface area contributed by atoms with Crippen LogP contribution in [0.15, 0.2) is 36.4 Å². The Morgan fingerprint density at radius 3 is 2.38 bits per heavy atom. The molecule has 0 aliphatic carbocycles. The van der Waals surface area contributed by atoms with Crippen molar-refractivity contribution in [2.75, 3.05) is 11.8 Å². The highest BCUT2D eigenvalue weighted by atomic mass is 35.5. The average Bonchev–Trinajstić information content (AvgIpc) is 2.40. The summed E-state index contributed by atoms with van der Waals surface area (Å²) in [6.07, 6.45) is 0. The largest absolute Gasteiger partial charge is 0.427 e. The number of hydrogen-bond donors (Lipinski definition) is 1. The quantitative estimate of drug-likeness (QED) is 0.650. The third kappa shape index (κ3) is 4.08. The minimum Gasteiger partial charge on any atom is -0.427 e. The first kappa shape index (κ1) is 16.5. The highest BCUT2D eigenvalue weighted by molar-refractivity contribution is 7.60. The maximum Gasteiger partial charge on any atom is 0.338 e. The van der Waals surface area contributed by atoms with Gasteiger partial charge >= 0.3 is 7.52 Å². The van der Waals surface area contributed by atoms with Gasteiger partial charge in [0, 0.05) is 17.4 Å². The summed E-state index contributed by atoms with van der Waals surface area (Å²) < 4.78 is 18.1. The summed E-state index contributed by atoms with van der Waals surface area (Å²) in [7, 11) is -3.18. The number of rotatable bonds is 4. The maximum atomic E-state index is 12.6. The summed E-state index contributed by atoms with van der Waals surface area (Å²) >= 11 is 18.0. The Kier molecular flexibility index (Phi) is 5.11. The van der Waals surface area contributed by atoms with Crippen LogP contribution in [0.25, 0.3) is 0 Å². The molecule has 0 aliphatic rings. The normalized spacial score (nSPS) is 13.6. The first-order valence-electron chi connectivity index (χ1n) is 6.05. The maximum absolute atomic E-state index is 12.6. The number of halogens is 3. The molecule has 0 aliphatic heterocycles. The topological polar surface area (TPSA) is 38.3 Å². The van der Waals surface area contributed by atoms with Gasteiger partial charge in [0.15, 0.2) is 0 Å². The van der Waals surface area contributed by atoms with E-state index < -0.39 is 7.52 Å². The van der Waals surface area contributed by atoms with Crippen molar-refractivity contribution in [2.24, 2.45) is 0 Å². The molecular formula is C14H13Cl3NO2P. The summed E-state index contributed by atoms with van der Waals surface area (Å²) in [6, 6.07) is 10.2. The van der Waals surface area contributed by atoms with E-state index in [4.69, 9.17) is 39.3 Å². The predicted molar refractivity (Wildman–Crippen MR) is 90.4 cm³/mol. The zero-order chi connectivity index (χ0) is 15.6. The van der Waals surface area contributed by atoms with Crippen LogP contribution in [-0.2, 0) is 4.57 Å². The Hall–Kier alpha value is -0.860. The van der Waals surface area contributed by atoms with Gasteiger partial charge in [-0.05, 0) is 36.8 Å². The number of anilines is 1. The Morgan fingerprint density at radius 1 is 1.05 bits per heavy atom. The van der Waals surface area contributed by atoms with Gasteiger partial charge in [0.1, 0.15) is 10.8 Å². The molecule has 0 saturated carbocycles. The van der Waals surface area contributed by atoms with Gasteiger partial charge in [-0.2, -0.15) is 0 Å². The summed E-state index contributed by atoms with van der Waals surface area (Å²) in [5.74, 6) is 0.266. The van der Waals surface area contributed by atoms with E-state index in [0.29, 0.717) is 15.7 Å². The molecule has 0 amide bonds. The van der Waals surface area contributed by atoms with Crippen LogP contribution in [-0.4, -0.2) is 6.66 Å². The van der Waals surface area contributed by atoms with Crippen molar-refractivity contribution in [1.29, 1.82) is 0 Å². The molecule has 21 heavy (non-hydrogen) atoms. The van der Waals surface area contributed by atoms with E-state index in [-0.39, 0.29) is 10.8 Å². The smallest absolute Gasteiger partial charge is 0.338 e. The van der Waals surface area contributed by atoms with Gasteiger partial charge < -0.3 is 9.61 Å². The number of nitrogens with one attached hydrogen (secondary N) is 1. The lowest BCUT2D eigenvalue weighted by molar-refractivity contribution is 0.493. The second-order valence-electron chi connectivity index (χ2n) is 4.51. The molecule has 0 aromatic heterocycles. The van der Waals surface area contributed by atoms with Crippen LogP contribution in [0.1, 0.15) is 5.56 Å². The van der Waals surface area contributed by atoms with Crippen LogP contribution < -0.4 is 9.61 Å². The molecule has 0 heterocycles. The third-order valence-electron chi connectivity index (χ3n) is 2.78. The van der Waals surface area contributed by atoms with Gasteiger partial charge in [-0.25, -0.2) is 0 Å². The molecule has 1 N–H and O–H groups in total. The van der Waals surface area contributed by atoms with E-state index in [1.807, 2.05) is 6.92 Å². The molecule has 2 aromatic carbocycles. The SMILES string of the molecule is Cc1c(Cl)cccc1N[P@](C)(=O)Oc1cccc(Cl)c1Cl. The molecule has 1 atom stereocenters. The number of benzene rings is 2. The molecule has 3 nitrogen and oxygen atoms in total. The standard InChI is InChI=1S/C14H13Cl3NO2P/c1-9-10(15)5-3-7-12(9)18-21(2,19)20-13-8-4-6-11(16)14(13)17/h3-8H,1-2H3,(H,18,19)/t21-/m1/s1. The van der Waals surface area contributed by atoms with Crippen molar-refractivity contribution in [2.45, 2.75) is 6.92 Å². The molecule has 7 heteroatoms. The first-order valence-corrected chi connectivity index (χ1v) is 9.25. The fourth-order valence-electron chi connectivity index (χ4n) is 1.71. The van der Waals surface area contributed by atoms with E-state index in [2.05, 4.69) is 5.09 Å². The summed E-state index contributed by atoms with van der Waals surface area (Å²) in [5.41, 5.74) is 1.44. The van der Waals surface area contributed by atoms with Crippen LogP contribution in [0.3, 0.4) is 0 Å². The van der Waals surface area contributed by atoms with E-state index in [1.165, 1.54) is 6.66 Å². The monoisotopic (exact) mass is 363 g/mol. The van der Waals surface area contributed by atoms with Gasteiger partial charge in [-0.15, -0.1) is 0 Å². The van der Waals surface area contributed by atoms with Crippen molar-refractivity contribution in [3.05, 3.63) is 57.0 Å². The highest BCUT2D eigenvalue weighted by Gasteiger charge is 2.21. The van der Waals surface area contributed by atoms with Crippen molar-refractivity contribution in [3.8, 4) is 5.75 Å². The van der Waals surface area contributed by atoms with Gasteiger partial charge in [-0.1, -0.05) is 46.9 Å². The van der Waals surface area contributed by atoms with Crippen molar-refractivity contribution in [1.82, 2.24) is 0 Å². The Morgan fingerprint density at radius 2 is 1.67 bits per heavy atom. The second kappa shape index (κ2) is 6.50. The first-order chi connectivity index (χ1) is 9.80. The van der Waals surface area contributed by atoms with Crippen molar-refractivity contribution >= 4 is 48.0 Å². The minimum absolute atomic E-state index is 0.228. The molecule has 0 radical (unpaired) electrons. The van der Waals surface area contributed by atoms with Crippen LogP contribution in [0.5, 0.6) is 5.75 Å². The second-order valence-corrected chi connectivity index (χ2v) is 7.80. The lowest BCUT2D eigenvalue weighted by Gasteiger charge is -2.19. The molecule has 112 valence electrons. The minimum atomic E-state index is -3.18. The molecular weight excluding hydrogens is 351 g/mol. The summed E-state index contributed by atoms with van der Waals surface area (Å²) in [5, 5.41) is 4.02. The van der Waals surface area contributed by atoms with Gasteiger partial charge in [0.05, 0.1) is 5.02 Å². The lowest BCUT2D eigenvalue weighted by Crippen LogP contribution is -2.04. The predicted octanol–water partition coefficient (Wildman–Crippen LogP) is 6.27. The molecule has 0 spiro atoms. The number of hydrogen-bond acceptors (Lipinski definition) is 2. The lowest BCUT2D eigenvalue weighted by atomic mass is 10.2. The highest BCUT2D eigenvalue weighted by Crippen LogP contribution is 2.47. The fourth-order valence-corrected chi connectivity index (χ4v) is 3.52. The van der Waals surface area contributed by atoms with E-state index in [9.17, 15) is 4.57 Å². The van der Waals surface area contributed by atoms with E-state index in [0.717, 1.165) is 5.56 Å². The summed E-state index contributed by atoms with van der Waals surface area (Å²) in [6.45, 7) is 3.29. The van der Waals surface area contributed by atoms with E-state index in [1.54, 1.807) is 36.4 Å². The van der Waals surface area contributed by atoms with Gasteiger partial charge in [0.25, 0.3) is 0 Å². The molecule has 0 bridgehead atoms. The van der Waals surface area contributed by atoms with Crippen LogP contribution in [0.4, 0.5) is 5.69 Å². The zero-order valence-corrected chi connectivity index (χ0v) is 14.5. The van der Waals surface area contributed by atoms with Crippen LogP contribution in [0, 0.1) is 6.92 Å². The molecule has 0 saturated heterocycles. The molecule has 2 aromatic rings.